The maximum Gasteiger partial charge on any atom is 0.0568 e. The molecule has 0 spiro atoms. The van der Waals surface area contributed by atoms with Crippen molar-refractivity contribution in [3.63, 3.8) is 0 Å². The van der Waals surface area contributed by atoms with Gasteiger partial charge in [-0.2, -0.15) is 0 Å². The molecule has 1 aromatic carbocycles. The van der Waals surface area contributed by atoms with Gasteiger partial charge in [0.25, 0.3) is 0 Å². The second-order valence-corrected chi connectivity index (χ2v) is 4.87. The maximum atomic E-state index is 5.86. The molecule has 2 unspecified atom stereocenters. The van der Waals surface area contributed by atoms with Gasteiger partial charge in [-0.1, -0.05) is 6.92 Å². The Morgan fingerprint density at radius 1 is 1.19 bits per heavy atom. The predicted molar refractivity (Wildman–Crippen MR) is 70.5 cm³/mol. The van der Waals surface area contributed by atoms with Crippen LogP contribution in [0.25, 0.3) is 0 Å². The lowest BCUT2D eigenvalue weighted by Crippen LogP contribution is -2.42. The zero-order valence-electron chi connectivity index (χ0n) is 10.1. The van der Waals surface area contributed by atoms with Gasteiger partial charge in [0.05, 0.1) is 11.4 Å². The highest BCUT2D eigenvalue weighted by molar-refractivity contribution is 5.70. The van der Waals surface area contributed by atoms with Gasteiger partial charge in [-0.25, -0.2) is 0 Å². The van der Waals surface area contributed by atoms with E-state index in [1.54, 1.807) is 0 Å². The minimum Gasteiger partial charge on any atom is -0.397 e. The first-order chi connectivity index (χ1) is 7.59. The van der Waals surface area contributed by atoms with Crippen LogP contribution >= 0.6 is 0 Å². The van der Waals surface area contributed by atoms with Crippen LogP contribution in [0.15, 0.2) is 18.2 Å². The molecule has 88 valence electrons. The van der Waals surface area contributed by atoms with Crippen molar-refractivity contribution in [2.75, 3.05) is 22.9 Å². The van der Waals surface area contributed by atoms with Crippen molar-refractivity contribution >= 4 is 17.1 Å². The molecule has 1 aromatic rings. The lowest BCUT2D eigenvalue weighted by Gasteiger charge is -2.39. The fraction of sp³-hybridized carbons (Fsp3) is 0.538. The predicted octanol–water partition coefficient (Wildman–Crippen LogP) is 2.48. The zero-order chi connectivity index (χ0) is 11.7. The lowest BCUT2D eigenvalue weighted by atomic mass is 9.91. The molecule has 4 N–H and O–H groups in total. The standard InChI is InChI=1S/C13H21N3/c1-9-4-3-7-16(10(9)2)11-5-6-12(14)13(15)8-11/h5-6,8-10H,3-4,7,14-15H2,1-2H3. The molecule has 0 radical (unpaired) electrons. The molecule has 2 atom stereocenters. The second kappa shape index (κ2) is 4.24. The Bertz CT molecular complexity index is 375. The van der Waals surface area contributed by atoms with Gasteiger partial charge in [0.2, 0.25) is 0 Å². The van der Waals surface area contributed by atoms with Crippen LogP contribution in [-0.2, 0) is 0 Å². The third-order valence-corrected chi connectivity index (χ3v) is 3.78. The van der Waals surface area contributed by atoms with E-state index in [0.29, 0.717) is 17.4 Å². The van der Waals surface area contributed by atoms with E-state index in [2.05, 4.69) is 24.8 Å². The molecular formula is C13H21N3. The number of piperidine rings is 1. The highest BCUT2D eigenvalue weighted by Gasteiger charge is 2.24. The molecule has 1 saturated heterocycles. The fourth-order valence-corrected chi connectivity index (χ4v) is 2.44. The number of nitrogens with zero attached hydrogens (tertiary/aromatic N) is 1. The number of rotatable bonds is 1. The molecule has 1 fully saturated rings. The number of hydrogen-bond acceptors (Lipinski definition) is 3. The average Bonchev–Trinajstić information content (AvgIpc) is 2.26. The van der Waals surface area contributed by atoms with Crippen LogP contribution < -0.4 is 16.4 Å². The van der Waals surface area contributed by atoms with E-state index < -0.39 is 0 Å². The van der Waals surface area contributed by atoms with Gasteiger partial charge < -0.3 is 16.4 Å². The second-order valence-electron chi connectivity index (χ2n) is 4.87. The summed E-state index contributed by atoms with van der Waals surface area (Å²) >= 11 is 0. The molecule has 0 aromatic heterocycles. The van der Waals surface area contributed by atoms with E-state index in [9.17, 15) is 0 Å². The van der Waals surface area contributed by atoms with Crippen molar-refractivity contribution < 1.29 is 0 Å². The Morgan fingerprint density at radius 3 is 2.62 bits per heavy atom. The first-order valence-corrected chi connectivity index (χ1v) is 6.01. The number of nitrogens with two attached hydrogens (primary N) is 2. The Kier molecular flexibility index (Phi) is 2.95. The topological polar surface area (TPSA) is 55.3 Å². The van der Waals surface area contributed by atoms with Crippen LogP contribution in [0.5, 0.6) is 0 Å². The van der Waals surface area contributed by atoms with Crippen LogP contribution in [-0.4, -0.2) is 12.6 Å². The van der Waals surface area contributed by atoms with Gasteiger partial charge in [0, 0.05) is 18.3 Å². The smallest absolute Gasteiger partial charge is 0.0568 e. The lowest BCUT2D eigenvalue weighted by molar-refractivity contribution is 0.363. The summed E-state index contributed by atoms with van der Waals surface area (Å²) in [6, 6.07) is 6.54. The molecule has 1 heterocycles. The fourth-order valence-electron chi connectivity index (χ4n) is 2.44. The Labute approximate surface area is 97.4 Å². The number of anilines is 3. The molecule has 0 amide bonds. The maximum absolute atomic E-state index is 5.86. The average molecular weight is 219 g/mol. The molecule has 0 aliphatic carbocycles. The highest BCUT2D eigenvalue weighted by Crippen LogP contribution is 2.30. The van der Waals surface area contributed by atoms with Crippen molar-refractivity contribution in [1.82, 2.24) is 0 Å². The molecule has 0 saturated carbocycles. The van der Waals surface area contributed by atoms with Crippen LogP contribution in [0.3, 0.4) is 0 Å². The van der Waals surface area contributed by atoms with Crippen molar-refractivity contribution in [3.05, 3.63) is 18.2 Å². The van der Waals surface area contributed by atoms with Gasteiger partial charge in [0.15, 0.2) is 0 Å². The number of benzene rings is 1. The molecular weight excluding hydrogens is 198 g/mol. The quantitative estimate of drug-likeness (QED) is 0.713. The molecule has 16 heavy (non-hydrogen) atoms. The Balaban J connectivity index is 2.25. The summed E-state index contributed by atoms with van der Waals surface area (Å²) in [5.41, 5.74) is 14.1. The van der Waals surface area contributed by atoms with Crippen molar-refractivity contribution in [3.8, 4) is 0 Å². The molecule has 3 heteroatoms. The molecule has 3 nitrogen and oxygen atoms in total. The monoisotopic (exact) mass is 219 g/mol. The summed E-state index contributed by atoms with van der Waals surface area (Å²) in [7, 11) is 0. The van der Waals surface area contributed by atoms with E-state index in [1.807, 2.05) is 12.1 Å². The zero-order valence-corrected chi connectivity index (χ0v) is 10.1. The number of nitrogen functional groups attached to an aromatic ring is 2. The summed E-state index contributed by atoms with van der Waals surface area (Å²) in [6.45, 7) is 5.72. The third-order valence-electron chi connectivity index (χ3n) is 3.78. The third kappa shape index (κ3) is 1.94. The van der Waals surface area contributed by atoms with Gasteiger partial charge in [-0.15, -0.1) is 0 Å². The van der Waals surface area contributed by atoms with Crippen LogP contribution in [0.4, 0.5) is 17.1 Å². The van der Waals surface area contributed by atoms with E-state index in [-0.39, 0.29) is 0 Å². The minimum absolute atomic E-state index is 0.580. The SMILES string of the molecule is CC1CCCN(c2ccc(N)c(N)c2)C1C. The summed E-state index contributed by atoms with van der Waals surface area (Å²) in [5, 5.41) is 0. The first-order valence-electron chi connectivity index (χ1n) is 6.01. The van der Waals surface area contributed by atoms with Gasteiger partial charge >= 0.3 is 0 Å². The Hall–Kier alpha value is -1.38. The highest BCUT2D eigenvalue weighted by atomic mass is 15.2. The normalized spacial score (nSPS) is 25.8. The first kappa shape index (κ1) is 11.1. The van der Waals surface area contributed by atoms with Crippen molar-refractivity contribution in [2.45, 2.75) is 32.7 Å². The van der Waals surface area contributed by atoms with E-state index >= 15 is 0 Å². The van der Waals surface area contributed by atoms with Gasteiger partial charge in [-0.05, 0) is 43.9 Å². The molecule has 1 aliphatic rings. The van der Waals surface area contributed by atoms with Crippen LogP contribution in [0.2, 0.25) is 0 Å². The van der Waals surface area contributed by atoms with Crippen LogP contribution in [0, 0.1) is 5.92 Å². The molecule has 0 bridgehead atoms. The van der Waals surface area contributed by atoms with Crippen molar-refractivity contribution in [2.24, 2.45) is 5.92 Å². The number of hydrogen-bond donors (Lipinski definition) is 2. The minimum atomic E-state index is 0.580. The summed E-state index contributed by atoms with van der Waals surface area (Å²) < 4.78 is 0. The van der Waals surface area contributed by atoms with Gasteiger partial charge in [0.1, 0.15) is 0 Å². The summed E-state index contributed by atoms with van der Waals surface area (Å²) in [6.07, 6.45) is 2.58. The van der Waals surface area contributed by atoms with Crippen LogP contribution in [0.1, 0.15) is 26.7 Å². The Morgan fingerprint density at radius 2 is 1.94 bits per heavy atom. The largest absolute Gasteiger partial charge is 0.397 e. The van der Waals surface area contributed by atoms with Gasteiger partial charge in [-0.3, -0.25) is 0 Å². The summed E-state index contributed by atoms with van der Waals surface area (Å²) in [5.74, 6) is 0.743. The summed E-state index contributed by atoms with van der Waals surface area (Å²) in [4.78, 5) is 2.43. The molecule has 1 aliphatic heterocycles. The van der Waals surface area contributed by atoms with E-state index in [0.717, 1.165) is 12.5 Å². The van der Waals surface area contributed by atoms with Crippen molar-refractivity contribution in [1.29, 1.82) is 0 Å². The molecule has 2 rings (SSSR count). The van der Waals surface area contributed by atoms with E-state index in [1.165, 1.54) is 18.5 Å². The van der Waals surface area contributed by atoms with E-state index in [4.69, 9.17) is 11.5 Å².